The highest BCUT2D eigenvalue weighted by molar-refractivity contribution is 5.32. The van der Waals surface area contributed by atoms with Crippen molar-refractivity contribution in [1.29, 1.82) is 0 Å². The zero-order valence-electron chi connectivity index (χ0n) is 14.8. The summed E-state index contributed by atoms with van der Waals surface area (Å²) in [4.78, 5) is 2.25. The fraction of sp³-hybridized carbons (Fsp3) is 0.273. The summed E-state index contributed by atoms with van der Waals surface area (Å²) in [7, 11) is 0. The fourth-order valence-corrected chi connectivity index (χ4v) is 3.83. The van der Waals surface area contributed by atoms with E-state index in [-0.39, 0.29) is 6.04 Å². The molecule has 0 fully saturated rings. The quantitative estimate of drug-likeness (QED) is 0.639. The highest BCUT2D eigenvalue weighted by Gasteiger charge is 2.30. The van der Waals surface area contributed by atoms with Crippen molar-refractivity contribution in [2.45, 2.75) is 32.5 Å². The van der Waals surface area contributed by atoms with Crippen molar-refractivity contribution in [1.82, 2.24) is 9.47 Å². The highest BCUT2D eigenvalue weighted by atomic mass is 19.2. The van der Waals surface area contributed by atoms with Crippen molar-refractivity contribution in [3.63, 3.8) is 0 Å². The Morgan fingerprint density at radius 2 is 1.77 bits per heavy atom. The SMILES string of the molecule is Cc1ccc(CN2CCCn3cccc3[C@@H]2c2cccc(F)c2F)cc1. The summed E-state index contributed by atoms with van der Waals surface area (Å²) in [5.74, 6) is -1.54. The third kappa shape index (κ3) is 3.17. The summed E-state index contributed by atoms with van der Waals surface area (Å²) in [6.45, 7) is 4.48. The maximum absolute atomic E-state index is 14.7. The minimum Gasteiger partial charge on any atom is -0.350 e. The predicted octanol–water partition coefficient (Wildman–Crippen LogP) is 5.07. The van der Waals surface area contributed by atoms with Crippen molar-refractivity contribution in [3.05, 3.63) is 94.8 Å². The minimum atomic E-state index is -0.792. The summed E-state index contributed by atoms with van der Waals surface area (Å²) < 4.78 is 30.8. The molecular weight excluding hydrogens is 330 g/mol. The van der Waals surface area contributed by atoms with Gasteiger partial charge in [-0.25, -0.2) is 8.78 Å². The predicted molar refractivity (Wildman–Crippen MR) is 98.8 cm³/mol. The van der Waals surface area contributed by atoms with Crippen LogP contribution in [0.3, 0.4) is 0 Å². The van der Waals surface area contributed by atoms with Crippen LogP contribution in [-0.2, 0) is 13.1 Å². The molecular formula is C22H22F2N2. The molecule has 0 bridgehead atoms. The van der Waals surface area contributed by atoms with E-state index in [9.17, 15) is 8.78 Å². The van der Waals surface area contributed by atoms with Crippen LogP contribution in [0.25, 0.3) is 0 Å². The molecule has 1 atom stereocenters. The van der Waals surface area contributed by atoms with E-state index >= 15 is 0 Å². The van der Waals surface area contributed by atoms with Crippen molar-refractivity contribution in [2.75, 3.05) is 6.54 Å². The summed E-state index contributed by atoms with van der Waals surface area (Å²) in [6.07, 6.45) is 3.00. The molecule has 4 heteroatoms. The largest absolute Gasteiger partial charge is 0.350 e. The van der Waals surface area contributed by atoms with E-state index in [2.05, 4.69) is 40.7 Å². The van der Waals surface area contributed by atoms with Gasteiger partial charge in [0.15, 0.2) is 11.6 Å². The monoisotopic (exact) mass is 352 g/mol. The van der Waals surface area contributed by atoms with Gasteiger partial charge in [-0.1, -0.05) is 42.0 Å². The lowest BCUT2D eigenvalue weighted by Crippen LogP contribution is -2.30. The summed E-state index contributed by atoms with van der Waals surface area (Å²) in [6, 6.07) is 16.6. The Kier molecular flexibility index (Phi) is 4.60. The topological polar surface area (TPSA) is 8.17 Å². The number of aryl methyl sites for hydroxylation is 2. The van der Waals surface area contributed by atoms with Crippen LogP contribution in [-0.4, -0.2) is 16.0 Å². The van der Waals surface area contributed by atoms with Gasteiger partial charge in [-0.05, 0) is 37.1 Å². The zero-order chi connectivity index (χ0) is 18.1. The Hall–Kier alpha value is -2.46. The summed E-state index contributed by atoms with van der Waals surface area (Å²) in [5, 5.41) is 0. The van der Waals surface area contributed by atoms with Crippen LogP contribution in [0.1, 0.15) is 34.8 Å². The second-order valence-electron chi connectivity index (χ2n) is 6.98. The smallest absolute Gasteiger partial charge is 0.163 e. The van der Waals surface area contributed by atoms with Crippen LogP contribution in [0.2, 0.25) is 0 Å². The Labute approximate surface area is 152 Å². The molecule has 4 rings (SSSR count). The van der Waals surface area contributed by atoms with Gasteiger partial charge in [0.1, 0.15) is 0 Å². The molecule has 0 radical (unpaired) electrons. The average Bonchev–Trinajstić information content (AvgIpc) is 3.02. The van der Waals surface area contributed by atoms with Crippen molar-refractivity contribution >= 4 is 0 Å². The van der Waals surface area contributed by atoms with Gasteiger partial charge < -0.3 is 4.57 Å². The van der Waals surface area contributed by atoms with Gasteiger partial charge in [0.05, 0.1) is 6.04 Å². The minimum absolute atomic E-state index is 0.301. The molecule has 3 aromatic rings. The first kappa shape index (κ1) is 17.0. The third-order valence-corrected chi connectivity index (χ3v) is 5.14. The number of nitrogens with zero attached hydrogens (tertiary/aromatic N) is 2. The number of fused-ring (bicyclic) bond motifs is 1. The molecule has 0 unspecified atom stereocenters. The molecule has 2 nitrogen and oxygen atoms in total. The zero-order valence-corrected chi connectivity index (χ0v) is 14.8. The molecule has 0 spiro atoms. The summed E-state index contributed by atoms with van der Waals surface area (Å²) in [5.41, 5.74) is 3.81. The van der Waals surface area contributed by atoms with Gasteiger partial charge in [0.2, 0.25) is 0 Å². The second-order valence-corrected chi connectivity index (χ2v) is 6.98. The second kappa shape index (κ2) is 7.04. The molecule has 1 aliphatic rings. The lowest BCUT2D eigenvalue weighted by atomic mass is 10.00. The van der Waals surface area contributed by atoms with E-state index in [1.807, 2.05) is 18.3 Å². The van der Waals surface area contributed by atoms with Crippen LogP contribution >= 0.6 is 0 Å². The van der Waals surface area contributed by atoms with Crippen molar-refractivity contribution in [2.24, 2.45) is 0 Å². The van der Waals surface area contributed by atoms with Gasteiger partial charge >= 0.3 is 0 Å². The van der Waals surface area contributed by atoms with E-state index in [1.165, 1.54) is 17.2 Å². The molecule has 0 N–H and O–H groups in total. The number of aromatic nitrogens is 1. The number of rotatable bonds is 3. The van der Waals surface area contributed by atoms with Crippen LogP contribution < -0.4 is 0 Å². The molecule has 1 aromatic heterocycles. The molecule has 0 aliphatic carbocycles. The Morgan fingerprint density at radius 1 is 0.962 bits per heavy atom. The van der Waals surface area contributed by atoms with Crippen molar-refractivity contribution in [3.8, 4) is 0 Å². The number of hydrogen-bond donors (Lipinski definition) is 0. The maximum Gasteiger partial charge on any atom is 0.163 e. The van der Waals surface area contributed by atoms with Crippen LogP contribution in [0, 0.1) is 18.6 Å². The maximum atomic E-state index is 14.7. The van der Waals surface area contributed by atoms with Crippen LogP contribution in [0.15, 0.2) is 60.8 Å². The molecule has 1 aliphatic heterocycles. The van der Waals surface area contributed by atoms with E-state index < -0.39 is 11.6 Å². The number of halogens is 2. The molecule has 0 saturated carbocycles. The fourth-order valence-electron chi connectivity index (χ4n) is 3.83. The first-order chi connectivity index (χ1) is 12.6. The highest BCUT2D eigenvalue weighted by Crippen LogP contribution is 2.34. The lowest BCUT2D eigenvalue weighted by Gasteiger charge is -2.31. The van der Waals surface area contributed by atoms with E-state index in [0.717, 1.165) is 25.2 Å². The average molecular weight is 352 g/mol. The molecule has 2 heterocycles. The molecule has 0 saturated heterocycles. The third-order valence-electron chi connectivity index (χ3n) is 5.14. The Bertz CT molecular complexity index is 899. The normalized spacial score (nSPS) is 17.7. The molecule has 26 heavy (non-hydrogen) atoms. The molecule has 0 amide bonds. The molecule has 2 aromatic carbocycles. The van der Waals surface area contributed by atoms with Crippen LogP contribution in [0.4, 0.5) is 8.78 Å². The van der Waals surface area contributed by atoms with Gasteiger partial charge in [-0.3, -0.25) is 4.90 Å². The van der Waals surface area contributed by atoms with E-state index in [1.54, 1.807) is 12.1 Å². The first-order valence-corrected chi connectivity index (χ1v) is 9.02. The summed E-state index contributed by atoms with van der Waals surface area (Å²) >= 11 is 0. The van der Waals surface area contributed by atoms with Crippen molar-refractivity contribution < 1.29 is 8.78 Å². The Morgan fingerprint density at radius 3 is 2.58 bits per heavy atom. The number of benzene rings is 2. The molecule has 134 valence electrons. The van der Waals surface area contributed by atoms with E-state index in [4.69, 9.17) is 0 Å². The van der Waals surface area contributed by atoms with Gasteiger partial charge in [-0.2, -0.15) is 0 Å². The lowest BCUT2D eigenvalue weighted by molar-refractivity contribution is 0.215. The first-order valence-electron chi connectivity index (χ1n) is 9.02. The van der Waals surface area contributed by atoms with Crippen LogP contribution in [0.5, 0.6) is 0 Å². The number of hydrogen-bond acceptors (Lipinski definition) is 1. The van der Waals surface area contributed by atoms with Gasteiger partial charge in [0, 0.05) is 37.1 Å². The van der Waals surface area contributed by atoms with Gasteiger partial charge in [-0.15, -0.1) is 0 Å². The van der Waals surface area contributed by atoms with E-state index in [0.29, 0.717) is 12.1 Å². The standard InChI is InChI=1S/C22H22F2N2/c1-16-8-10-17(11-9-16)15-26-14-4-13-25-12-3-7-20(25)22(26)18-5-2-6-19(23)21(18)24/h2-3,5-12,22H,4,13-15H2,1H3/t22-/m0/s1. The van der Waals surface area contributed by atoms with Gasteiger partial charge in [0.25, 0.3) is 0 Å². The Balaban J connectivity index is 1.78.